The van der Waals surface area contributed by atoms with Crippen molar-refractivity contribution in [3.63, 3.8) is 0 Å². The van der Waals surface area contributed by atoms with Crippen molar-refractivity contribution in [1.82, 2.24) is 0 Å². The van der Waals surface area contributed by atoms with Crippen molar-refractivity contribution < 1.29 is 47.2 Å². The van der Waals surface area contributed by atoms with Gasteiger partial charge in [-0.25, -0.2) is 0 Å². The van der Waals surface area contributed by atoms with Crippen LogP contribution < -0.4 is 24.8 Å². The van der Waals surface area contributed by atoms with E-state index in [-0.39, 0.29) is 30.7 Å². The van der Waals surface area contributed by atoms with Gasteiger partial charge in [-0.2, -0.15) is 0 Å². The molecule has 1 aliphatic rings. The van der Waals surface area contributed by atoms with E-state index < -0.39 is 22.4 Å². The second-order valence-corrected chi connectivity index (χ2v) is 22.0. The van der Waals surface area contributed by atoms with Crippen LogP contribution in [0, 0.1) is 0 Å². The molecule has 4 rings (SSSR count). The van der Waals surface area contributed by atoms with Crippen LogP contribution in [0.1, 0.15) is 59.8 Å². The first-order valence-electron chi connectivity index (χ1n) is 10.9. The van der Waals surface area contributed by atoms with E-state index >= 15 is 0 Å². The van der Waals surface area contributed by atoms with Gasteiger partial charge in [0.25, 0.3) is 0 Å². The third-order valence-electron chi connectivity index (χ3n) is 5.96. The van der Waals surface area contributed by atoms with Gasteiger partial charge in [-0.3, -0.25) is 0 Å². The predicted octanol–water partition coefficient (Wildman–Crippen LogP) is 2.21. The summed E-state index contributed by atoms with van der Waals surface area (Å²) >= 11 is -0.422. The molecule has 0 saturated carbocycles. The summed E-state index contributed by atoms with van der Waals surface area (Å²) in [5.41, 5.74) is 9.30. The van der Waals surface area contributed by atoms with Gasteiger partial charge >= 0.3 is 189 Å². The molecule has 1 radical (unpaired) electrons. The summed E-state index contributed by atoms with van der Waals surface area (Å²) in [4.78, 5) is 0. The fourth-order valence-corrected chi connectivity index (χ4v) is 13.4. The first kappa shape index (κ1) is 26.6. The zero-order chi connectivity index (χ0) is 20.5. The molecule has 0 aromatic heterocycles. The first-order chi connectivity index (χ1) is 14.0. The largest absolute Gasteiger partial charge is 1.00 e. The van der Waals surface area contributed by atoms with Crippen LogP contribution in [-0.4, -0.2) is 5.92 Å². The van der Waals surface area contributed by atoms with Gasteiger partial charge in [-0.1, -0.05) is 0 Å². The molecular weight excluding hydrogens is 515 g/mol. The van der Waals surface area contributed by atoms with Crippen molar-refractivity contribution in [2.45, 2.75) is 56.3 Å². The molecule has 0 N–H and O–H groups in total. The molecule has 3 aromatic carbocycles. The minimum atomic E-state index is -0.422. The van der Waals surface area contributed by atoms with E-state index in [4.69, 9.17) is 0 Å². The van der Waals surface area contributed by atoms with Crippen molar-refractivity contribution in [1.29, 1.82) is 0 Å². The molecule has 0 aliphatic heterocycles. The molecule has 0 spiro atoms. The van der Waals surface area contributed by atoms with Gasteiger partial charge in [0.05, 0.1) is 0 Å². The minimum Gasteiger partial charge on any atom is -1.00 e. The van der Waals surface area contributed by atoms with Gasteiger partial charge < -0.3 is 24.8 Å². The van der Waals surface area contributed by atoms with E-state index in [1.807, 2.05) is 0 Å². The molecule has 1 atom stereocenters. The van der Waals surface area contributed by atoms with Gasteiger partial charge in [0.1, 0.15) is 0 Å². The molecule has 3 aromatic rings. The molecule has 0 nitrogen and oxygen atoms in total. The summed E-state index contributed by atoms with van der Waals surface area (Å²) in [7, 11) is 0. The van der Waals surface area contributed by atoms with Crippen molar-refractivity contribution in [2.75, 3.05) is 0 Å². The second-order valence-electron chi connectivity index (χ2n) is 8.80. The average molecular weight is 546 g/mol. The Morgan fingerprint density at radius 1 is 0.935 bits per heavy atom. The van der Waals surface area contributed by atoms with Crippen LogP contribution >= 0.6 is 0 Å². The van der Waals surface area contributed by atoms with Gasteiger partial charge in [0, 0.05) is 0 Å². The molecule has 0 fully saturated rings. The SMILES string of the molecule is CCCC1=Cc2c(-c3cccc4ccccc34)cc(C(C)C)cc2[CH]1[Zr+2][Si](C)C.[Cl-].[Cl-]. The minimum absolute atomic E-state index is 0. The number of halogens is 2. The number of fused-ring (bicyclic) bond motifs is 2. The summed E-state index contributed by atoms with van der Waals surface area (Å²) in [6, 6.07) is 20.7. The Morgan fingerprint density at radius 2 is 1.65 bits per heavy atom. The number of hydrogen-bond acceptors (Lipinski definition) is 0. The van der Waals surface area contributed by atoms with Crippen LogP contribution in [0.25, 0.3) is 28.0 Å². The second kappa shape index (κ2) is 11.5. The van der Waals surface area contributed by atoms with E-state index in [2.05, 4.69) is 94.5 Å². The van der Waals surface area contributed by atoms with Gasteiger partial charge in [0.2, 0.25) is 0 Å². The van der Waals surface area contributed by atoms with Crippen molar-refractivity contribution >= 4 is 22.8 Å². The Morgan fingerprint density at radius 3 is 2.32 bits per heavy atom. The summed E-state index contributed by atoms with van der Waals surface area (Å²) < 4.78 is 0.796. The third kappa shape index (κ3) is 5.47. The standard InChI is InChI=1S/C25H25.C2H6Si.2ClH.Zr/c1-4-8-18-13-21-15-20(17(2)3)16-25(24(21)14-18)23-12-7-10-19-9-5-6-11-22(19)23;1-3-2;;;/h5-7,9-17H,4,8H2,1-3H3;1-2H3;2*1H;/q;;;;+2/p-2. The Labute approximate surface area is 212 Å². The van der Waals surface area contributed by atoms with Crippen LogP contribution in [0.2, 0.25) is 13.1 Å². The number of benzene rings is 3. The average Bonchev–Trinajstić information content (AvgIpc) is 3.04. The fourth-order valence-electron chi connectivity index (χ4n) is 4.55. The molecule has 0 saturated heterocycles. The molecule has 4 heteroatoms. The molecule has 1 unspecified atom stereocenters. The molecule has 1 aliphatic carbocycles. The van der Waals surface area contributed by atoms with E-state index in [9.17, 15) is 0 Å². The number of rotatable bonds is 6. The Kier molecular flexibility index (Phi) is 9.83. The van der Waals surface area contributed by atoms with E-state index in [1.54, 1.807) is 11.1 Å². The van der Waals surface area contributed by atoms with Gasteiger partial charge in [0.15, 0.2) is 0 Å². The fraction of sp³-hybridized carbons (Fsp3) is 0.333. The van der Waals surface area contributed by atoms with E-state index in [0.29, 0.717) is 5.92 Å². The van der Waals surface area contributed by atoms with Crippen molar-refractivity contribution in [3.8, 4) is 11.1 Å². The maximum atomic E-state index is 2.59. The monoisotopic (exact) mass is 543 g/mol. The summed E-state index contributed by atoms with van der Waals surface area (Å²) in [5, 5.41) is 2.72. The quantitative estimate of drug-likeness (QED) is 0.417. The summed E-state index contributed by atoms with van der Waals surface area (Å²) in [6.07, 6.45) is 5.11. The molecule has 0 amide bonds. The maximum Gasteiger partial charge on any atom is -1.00 e. The van der Waals surface area contributed by atoms with Crippen LogP contribution in [0.4, 0.5) is 0 Å². The number of allylic oxidation sites excluding steroid dienone is 1. The maximum absolute atomic E-state index is 2.59. The smallest absolute Gasteiger partial charge is 1.00 e. The van der Waals surface area contributed by atoms with E-state index in [0.717, 1.165) is 3.63 Å². The zero-order valence-electron chi connectivity index (χ0n) is 19.1. The Bertz CT molecular complexity index is 1070. The third-order valence-corrected chi connectivity index (χ3v) is 14.9. The normalized spacial score (nSPS) is 14.7. The van der Waals surface area contributed by atoms with Gasteiger partial charge in [-0.05, 0) is 0 Å². The molecular formula is C27H31Cl2SiZr. The van der Waals surface area contributed by atoms with Crippen LogP contribution in [0.5, 0.6) is 0 Å². The molecule has 31 heavy (non-hydrogen) atoms. The Balaban J connectivity index is 0.00000171. The number of hydrogen-bond donors (Lipinski definition) is 0. The van der Waals surface area contributed by atoms with Crippen LogP contribution in [-0.2, 0) is 22.4 Å². The predicted molar refractivity (Wildman–Crippen MR) is 127 cm³/mol. The zero-order valence-corrected chi connectivity index (χ0v) is 24.1. The van der Waals surface area contributed by atoms with Crippen molar-refractivity contribution in [2.24, 2.45) is 0 Å². The first-order valence-corrected chi connectivity index (χ1v) is 18.5. The van der Waals surface area contributed by atoms with Crippen molar-refractivity contribution in [3.05, 3.63) is 76.9 Å². The van der Waals surface area contributed by atoms with Gasteiger partial charge in [-0.15, -0.1) is 0 Å². The van der Waals surface area contributed by atoms with Crippen LogP contribution in [0.15, 0.2) is 60.2 Å². The molecule has 0 heterocycles. The Hall–Kier alpha value is -0.660. The molecule has 161 valence electrons. The summed E-state index contributed by atoms with van der Waals surface area (Å²) in [5.74, 6) is 0.435. The summed E-state index contributed by atoms with van der Waals surface area (Å²) in [6.45, 7) is 12.1. The van der Waals surface area contributed by atoms with E-state index in [1.165, 1.54) is 45.9 Å². The topological polar surface area (TPSA) is 0 Å². The van der Waals surface area contributed by atoms with Crippen LogP contribution in [0.3, 0.4) is 0 Å². The molecule has 0 bridgehead atoms.